The fourth-order valence-electron chi connectivity index (χ4n) is 2.01. The molecule has 0 heterocycles. The number of benzene rings is 1. The smallest absolute Gasteiger partial charge is 0.105 e. The summed E-state index contributed by atoms with van der Waals surface area (Å²) in [6.07, 6.45) is 0. The van der Waals surface area contributed by atoms with E-state index in [9.17, 15) is 0 Å². The Hall–Kier alpha value is -0.690. The first-order chi connectivity index (χ1) is 9.51. The maximum absolute atomic E-state index is 5.68. The van der Waals surface area contributed by atoms with Crippen LogP contribution in [-0.2, 0) is 9.47 Å². The van der Waals surface area contributed by atoms with Gasteiger partial charge in [0.2, 0.25) is 0 Å². The monoisotopic (exact) mass is 360 g/mol. The molecule has 6 heteroatoms. The van der Waals surface area contributed by atoms with Crippen LogP contribution in [0.1, 0.15) is 12.5 Å². The molecular formula is C14H21BrN2O2S. The number of hydrogen-bond donors (Lipinski definition) is 1. The number of methoxy groups -OCH3 is 2. The van der Waals surface area contributed by atoms with Crippen LogP contribution in [0, 0.1) is 0 Å². The summed E-state index contributed by atoms with van der Waals surface area (Å²) in [7, 11) is 3.40. The number of hydrogen-bond acceptors (Lipinski definition) is 4. The molecule has 0 aromatic heterocycles. The lowest BCUT2D eigenvalue weighted by Crippen LogP contribution is -2.38. The molecule has 0 spiro atoms. The average Bonchev–Trinajstić information content (AvgIpc) is 2.39. The molecule has 1 aromatic rings. The van der Waals surface area contributed by atoms with Crippen LogP contribution in [-0.4, -0.2) is 45.0 Å². The summed E-state index contributed by atoms with van der Waals surface area (Å²) in [6, 6.07) is 6.22. The van der Waals surface area contributed by atoms with Crippen molar-refractivity contribution in [2.24, 2.45) is 5.73 Å². The molecular weight excluding hydrogens is 340 g/mol. The molecule has 4 nitrogen and oxygen atoms in total. The van der Waals surface area contributed by atoms with Gasteiger partial charge in [0.05, 0.1) is 13.2 Å². The molecule has 1 unspecified atom stereocenters. The van der Waals surface area contributed by atoms with Crippen LogP contribution in [0.4, 0.5) is 5.69 Å². The van der Waals surface area contributed by atoms with E-state index in [0.717, 1.165) is 22.3 Å². The molecule has 20 heavy (non-hydrogen) atoms. The van der Waals surface area contributed by atoms with Gasteiger partial charge in [0.15, 0.2) is 0 Å². The SMILES string of the molecule is COCCN(c1ccc(C(N)=S)c(Br)c1)C(C)COC. The van der Waals surface area contributed by atoms with Gasteiger partial charge in [-0.3, -0.25) is 0 Å². The van der Waals surface area contributed by atoms with E-state index in [-0.39, 0.29) is 6.04 Å². The van der Waals surface area contributed by atoms with E-state index in [1.165, 1.54) is 0 Å². The van der Waals surface area contributed by atoms with Crippen LogP contribution in [0.3, 0.4) is 0 Å². The van der Waals surface area contributed by atoms with Gasteiger partial charge in [-0.15, -0.1) is 0 Å². The summed E-state index contributed by atoms with van der Waals surface area (Å²) in [4.78, 5) is 2.62. The zero-order valence-electron chi connectivity index (χ0n) is 12.1. The molecule has 0 aliphatic heterocycles. The number of anilines is 1. The number of nitrogens with two attached hydrogens (primary N) is 1. The number of nitrogens with zero attached hydrogens (tertiary/aromatic N) is 1. The Kier molecular flexibility index (Phi) is 7.43. The molecule has 0 aliphatic rings. The van der Waals surface area contributed by atoms with Crippen molar-refractivity contribution in [3.8, 4) is 0 Å². The van der Waals surface area contributed by atoms with Gasteiger partial charge in [0, 0.05) is 42.5 Å². The highest BCUT2D eigenvalue weighted by Crippen LogP contribution is 2.25. The Balaban J connectivity index is 3.00. The van der Waals surface area contributed by atoms with Crippen LogP contribution in [0.5, 0.6) is 0 Å². The summed E-state index contributed by atoms with van der Waals surface area (Å²) < 4.78 is 11.3. The van der Waals surface area contributed by atoms with Crippen molar-refractivity contribution in [3.63, 3.8) is 0 Å². The standard InChI is InChI=1S/C14H21BrN2O2S/c1-10(9-19-3)17(6-7-18-2)11-4-5-12(14(16)20)13(15)8-11/h4-5,8,10H,6-7,9H2,1-3H3,(H2,16,20). The Labute approximate surface area is 134 Å². The van der Waals surface area contributed by atoms with Crippen LogP contribution >= 0.6 is 28.1 Å². The van der Waals surface area contributed by atoms with E-state index in [4.69, 9.17) is 27.4 Å². The van der Waals surface area contributed by atoms with Gasteiger partial charge in [0.25, 0.3) is 0 Å². The molecule has 2 N–H and O–H groups in total. The topological polar surface area (TPSA) is 47.7 Å². The third-order valence-corrected chi connectivity index (χ3v) is 3.90. The first-order valence-electron chi connectivity index (χ1n) is 6.35. The Bertz CT molecular complexity index is 457. The lowest BCUT2D eigenvalue weighted by atomic mass is 10.1. The lowest BCUT2D eigenvalue weighted by Gasteiger charge is -2.31. The van der Waals surface area contributed by atoms with Crippen LogP contribution in [0.15, 0.2) is 22.7 Å². The normalized spacial score (nSPS) is 12.2. The van der Waals surface area contributed by atoms with E-state index >= 15 is 0 Å². The number of thiocarbonyl (C=S) groups is 1. The molecule has 1 atom stereocenters. The third kappa shape index (κ3) is 4.70. The molecule has 112 valence electrons. The summed E-state index contributed by atoms with van der Waals surface area (Å²) in [5, 5.41) is 0. The molecule has 0 fully saturated rings. The maximum Gasteiger partial charge on any atom is 0.105 e. The predicted molar refractivity (Wildman–Crippen MR) is 90.6 cm³/mol. The summed E-state index contributed by atoms with van der Waals surface area (Å²) in [6.45, 7) is 4.22. The van der Waals surface area contributed by atoms with Crippen molar-refractivity contribution in [1.82, 2.24) is 0 Å². The quantitative estimate of drug-likeness (QED) is 0.722. The van der Waals surface area contributed by atoms with E-state index in [1.807, 2.05) is 18.2 Å². The zero-order chi connectivity index (χ0) is 15.1. The van der Waals surface area contributed by atoms with E-state index in [2.05, 4.69) is 27.8 Å². The Morgan fingerprint density at radius 1 is 1.40 bits per heavy atom. The fraction of sp³-hybridized carbons (Fsp3) is 0.500. The highest BCUT2D eigenvalue weighted by atomic mass is 79.9. The van der Waals surface area contributed by atoms with Crippen molar-refractivity contribution < 1.29 is 9.47 Å². The Morgan fingerprint density at radius 3 is 2.60 bits per heavy atom. The fourth-order valence-corrected chi connectivity index (χ4v) is 2.90. The van der Waals surface area contributed by atoms with E-state index in [0.29, 0.717) is 18.2 Å². The lowest BCUT2D eigenvalue weighted by molar-refractivity contribution is 0.171. The largest absolute Gasteiger partial charge is 0.389 e. The minimum Gasteiger partial charge on any atom is -0.389 e. The Morgan fingerprint density at radius 2 is 2.10 bits per heavy atom. The third-order valence-electron chi connectivity index (χ3n) is 3.03. The van der Waals surface area contributed by atoms with Crippen molar-refractivity contribution in [2.45, 2.75) is 13.0 Å². The van der Waals surface area contributed by atoms with Crippen LogP contribution in [0.2, 0.25) is 0 Å². The second kappa shape index (κ2) is 8.56. The highest BCUT2D eigenvalue weighted by molar-refractivity contribution is 9.10. The van der Waals surface area contributed by atoms with Gasteiger partial charge in [-0.05, 0) is 41.1 Å². The summed E-state index contributed by atoms with van der Waals surface area (Å²) >= 11 is 8.53. The maximum atomic E-state index is 5.68. The first-order valence-corrected chi connectivity index (χ1v) is 7.55. The van der Waals surface area contributed by atoms with E-state index in [1.54, 1.807) is 14.2 Å². The number of rotatable bonds is 8. The van der Waals surface area contributed by atoms with E-state index < -0.39 is 0 Å². The van der Waals surface area contributed by atoms with Crippen molar-refractivity contribution in [2.75, 3.05) is 38.9 Å². The van der Waals surface area contributed by atoms with Gasteiger partial charge in [0.1, 0.15) is 4.99 Å². The number of ether oxygens (including phenoxy) is 2. The van der Waals surface area contributed by atoms with Gasteiger partial charge in [-0.25, -0.2) is 0 Å². The molecule has 0 bridgehead atoms. The zero-order valence-corrected chi connectivity index (χ0v) is 14.5. The highest BCUT2D eigenvalue weighted by Gasteiger charge is 2.16. The molecule has 1 aromatic carbocycles. The van der Waals surface area contributed by atoms with Gasteiger partial charge < -0.3 is 20.1 Å². The van der Waals surface area contributed by atoms with Crippen molar-refractivity contribution >= 4 is 38.8 Å². The molecule has 1 rings (SSSR count). The van der Waals surface area contributed by atoms with Crippen molar-refractivity contribution in [1.29, 1.82) is 0 Å². The summed E-state index contributed by atoms with van der Waals surface area (Å²) in [5.74, 6) is 0. The predicted octanol–water partition coefficient (Wildman–Crippen LogP) is 2.57. The second-order valence-corrected chi connectivity index (χ2v) is 5.81. The summed E-state index contributed by atoms with van der Waals surface area (Å²) in [5.41, 5.74) is 7.60. The van der Waals surface area contributed by atoms with Gasteiger partial charge in [-0.2, -0.15) is 0 Å². The van der Waals surface area contributed by atoms with Crippen LogP contribution < -0.4 is 10.6 Å². The van der Waals surface area contributed by atoms with Gasteiger partial charge in [-0.1, -0.05) is 12.2 Å². The average molecular weight is 361 g/mol. The molecule has 0 saturated carbocycles. The number of halogens is 1. The van der Waals surface area contributed by atoms with Gasteiger partial charge >= 0.3 is 0 Å². The first kappa shape index (κ1) is 17.4. The molecule has 0 aliphatic carbocycles. The van der Waals surface area contributed by atoms with Crippen LogP contribution in [0.25, 0.3) is 0 Å². The van der Waals surface area contributed by atoms with Crippen molar-refractivity contribution in [3.05, 3.63) is 28.2 Å². The minimum absolute atomic E-state index is 0.248. The molecule has 0 saturated heterocycles. The molecule has 0 amide bonds. The second-order valence-electron chi connectivity index (χ2n) is 4.52. The minimum atomic E-state index is 0.248. The molecule has 0 radical (unpaired) electrons.